The van der Waals surface area contributed by atoms with Crippen molar-refractivity contribution in [3.63, 3.8) is 0 Å². The predicted molar refractivity (Wildman–Crippen MR) is 74.5 cm³/mol. The molecule has 0 bridgehead atoms. The van der Waals surface area contributed by atoms with Crippen LogP contribution in [-0.4, -0.2) is 49.5 Å². The van der Waals surface area contributed by atoms with E-state index in [0.29, 0.717) is 11.8 Å². The van der Waals surface area contributed by atoms with E-state index in [1.807, 2.05) is 7.05 Å². The summed E-state index contributed by atoms with van der Waals surface area (Å²) in [5.41, 5.74) is 1.38. The van der Waals surface area contributed by atoms with E-state index in [1.165, 1.54) is 6.33 Å². The van der Waals surface area contributed by atoms with Gasteiger partial charge in [-0.1, -0.05) is 0 Å². The SMILES string of the molecule is CNc1ncnc2c1ncn2C1C2[C@H]1C1C[C@@]1(CO)[C@H]2O. The molecule has 0 saturated heterocycles. The average molecular weight is 287 g/mol. The smallest absolute Gasteiger partial charge is 0.165 e. The van der Waals surface area contributed by atoms with Crippen LogP contribution in [0.3, 0.4) is 0 Å². The van der Waals surface area contributed by atoms with E-state index in [0.717, 1.165) is 23.4 Å². The molecule has 3 N–H and O–H groups in total. The van der Waals surface area contributed by atoms with Crippen molar-refractivity contribution in [3.8, 4) is 0 Å². The molecule has 3 fully saturated rings. The molecule has 6 atom stereocenters. The zero-order valence-corrected chi connectivity index (χ0v) is 11.6. The fourth-order valence-electron chi connectivity index (χ4n) is 4.74. The molecular formula is C14H17N5O2. The monoisotopic (exact) mass is 287 g/mol. The van der Waals surface area contributed by atoms with Crippen molar-refractivity contribution in [1.29, 1.82) is 0 Å². The first-order chi connectivity index (χ1) is 10.2. The molecule has 3 unspecified atom stereocenters. The van der Waals surface area contributed by atoms with Gasteiger partial charge in [-0.15, -0.1) is 0 Å². The lowest BCUT2D eigenvalue weighted by atomic mass is 9.97. The molecule has 2 aromatic rings. The van der Waals surface area contributed by atoms with Crippen molar-refractivity contribution in [2.45, 2.75) is 18.6 Å². The van der Waals surface area contributed by atoms with Crippen LogP contribution in [0.15, 0.2) is 12.7 Å². The van der Waals surface area contributed by atoms with Gasteiger partial charge in [0.05, 0.1) is 19.0 Å². The van der Waals surface area contributed by atoms with Gasteiger partial charge in [-0.3, -0.25) is 0 Å². The van der Waals surface area contributed by atoms with Gasteiger partial charge < -0.3 is 20.1 Å². The lowest BCUT2D eigenvalue weighted by molar-refractivity contribution is 0.0385. The van der Waals surface area contributed by atoms with Gasteiger partial charge in [0.15, 0.2) is 11.5 Å². The average Bonchev–Trinajstić information content (AvgIpc) is 3.36. The zero-order valence-electron chi connectivity index (χ0n) is 11.6. The van der Waals surface area contributed by atoms with Gasteiger partial charge in [0.2, 0.25) is 0 Å². The second-order valence-corrected chi connectivity index (χ2v) is 6.59. The van der Waals surface area contributed by atoms with E-state index in [9.17, 15) is 10.2 Å². The lowest BCUT2D eigenvalue weighted by Gasteiger charge is -2.19. The molecule has 0 aromatic carbocycles. The molecule has 3 aliphatic carbocycles. The summed E-state index contributed by atoms with van der Waals surface area (Å²) in [6, 6.07) is 0.261. The van der Waals surface area contributed by atoms with E-state index in [-0.39, 0.29) is 24.0 Å². The van der Waals surface area contributed by atoms with Gasteiger partial charge in [-0.25, -0.2) is 15.0 Å². The van der Waals surface area contributed by atoms with Crippen LogP contribution >= 0.6 is 0 Å². The van der Waals surface area contributed by atoms with Crippen LogP contribution in [0.5, 0.6) is 0 Å². The summed E-state index contributed by atoms with van der Waals surface area (Å²) in [4.78, 5) is 13.0. The quantitative estimate of drug-likeness (QED) is 0.737. The van der Waals surface area contributed by atoms with Crippen LogP contribution in [0.25, 0.3) is 11.2 Å². The summed E-state index contributed by atoms with van der Waals surface area (Å²) in [6.07, 6.45) is 3.89. The van der Waals surface area contributed by atoms with E-state index in [2.05, 4.69) is 24.8 Å². The largest absolute Gasteiger partial charge is 0.396 e. The van der Waals surface area contributed by atoms with E-state index < -0.39 is 6.10 Å². The number of anilines is 1. The number of nitrogens with one attached hydrogen (secondary N) is 1. The maximum absolute atomic E-state index is 10.5. The van der Waals surface area contributed by atoms with E-state index >= 15 is 0 Å². The predicted octanol–water partition coefficient (Wildman–Crippen LogP) is 0.0282. The van der Waals surface area contributed by atoms with Crippen molar-refractivity contribution in [3.05, 3.63) is 12.7 Å². The molecule has 2 aromatic heterocycles. The summed E-state index contributed by atoms with van der Waals surface area (Å²) in [7, 11) is 1.82. The molecular weight excluding hydrogens is 270 g/mol. The Morgan fingerprint density at radius 3 is 2.90 bits per heavy atom. The molecule has 21 heavy (non-hydrogen) atoms. The fraction of sp³-hybridized carbons (Fsp3) is 0.643. The normalized spacial score (nSPS) is 42.7. The Labute approximate surface area is 121 Å². The molecule has 0 amide bonds. The maximum atomic E-state index is 10.5. The highest BCUT2D eigenvalue weighted by molar-refractivity contribution is 5.82. The van der Waals surface area contributed by atoms with Gasteiger partial charge in [0.1, 0.15) is 11.8 Å². The van der Waals surface area contributed by atoms with Gasteiger partial charge in [0.25, 0.3) is 0 Å². The van der Waals surface area contributed by atoms with Gasteiger partial charge >= 0.3 is 0 Å². The molecule has 110 valence electrons. The van der Waals surface area contributed by atoms with Crippen molar-refractivity contribution in [2.24, 2.45) is 23.2 Å². The fourth-order valence-corrected chi connectivity index (χ4v) is 4.74. The second-order valence-electron chi connectivity index (χ2n) is 6.59. The Hall–Kier alpha value is -1.73. The van der Waals surface area contributed by atoms with Gasteiger partial charge in [-0.05, 0) is 18.3 Å². The minimum atomic E-state index is -0.398. The van der Waals surface area contributed by atoms with Crippen LogP contribution in [0.2, 0.25) is 0 Å². The highest BCUT2D eigenvalue weighted by Gasteiger charge is 2.81. The Bertz CT molecular complexity index is 742. The number of rotatable bonds is 3. The van der Waals surface area contributed by atoms with Crippen molar-refractivity contribution in [2.75, 3.05) is 19.0 Å². The van der Waals surface area contributed by atoms with E-state index in [4.69, 9.17) is 0 Å². The van der Waals surface area contributed by atoms with Crippen LogP contribution < -0.4 is 5.32 Å². The van der Waals surface area contributed by atoms with Crippen LogP contribution in [0, 0.1) is 23.2 Å². The molecule has 0 aliphatic heterocycles. The topological polar surface area (TPSA) is 96.1 Å². The summed E-state index contributed by atoms with van der Waals surface area (Å²) in [5.74, 6) is 1.87. The van der Waals surface area contributed by atoms with Gasteiger partial charge in [0, 0.05) is 24.4 Å². The molecule has 3 saturated carbocycles. The number of hydrogen-bond donors (Lipinski definition) is 3. The third kappa shape index (κ3) is 1.21. The van der Waals surface area contributed by atoms with Crippen LogP contribution in [0.1, 0.15) is 12.5 Å². The first-order valence-electron chi connectivity index (χ1n) is 7.37. The van der Waals surface area contributed by atoms with Crippen molar-refractivity contribution >= 4 is 17.0 Å². The Kier molecular flexibility index (Phi) is 2.00. The minimum Gasteiger partial charge on any atom is -0.396 e. The molecule has 2 heterocycles. The zero-order chi connectivity index (χ0) is 14.4. The molecule has 7 heteroatoms. The second kappa shape index (κ2) is 3.53. The number of hydrogen-bond acceptors (Lipinski definition) is 6. The van der Waals surface area contributed by atoms with E-state index in [1.54, 1.807) is 6.33 Å². The van der Waals surface area contributed by atoms with Crippen molar-refractivity contribution in [1.82, 2.24) is 19.5 Å². The summed E-state index contributed by atoms with van der Waals surface area (Å²) >= 11 is 0. The Balaban J connectivity index is 1.55. The first-order valence-corrected chi connectivity index (χ1v) is 7.37. The van der Waals surface area contributed by atoms with Gasteiger partial charge in [-0.2, -0.15) is 0 Å². The summed E-state index contributed by atoms with van der Waals surface area (Å²) in [5, 5.41) is 23.1. The number of aliphatic hydroxyl groups is 2. The summed E-state index contributed by atoms with van der Waals surface area (Å²) < 4.78 is 2.08. The molecule has 0 radical (unpaired) electrons. The third-order valence-corrected chi connectivity index (χ3v) is 5.90. The summed E-state index contributed by atoms with van der Waals surface area (Å²) in [6.45, 7) is 0.106. The van der Waals surface area contributed by atoms with Crippen LogP contribution in [-0.2, 0) is 0 Å². The van der Waals surface area contributed by atoms with Crippen LogP contribution in [0.4, 0.5) is 5.82 Å². The standard InChI is InChI=1S/C14H17N5O2/c1-15-12-9-13(17-4-16-12)19(5-18-9)10-7-6-2-14(6,3-20)11(21)8(7)10/h4-8,10-11,20-21H,2-3H2,1H3,(H,15,16,17)/t6?,7-,8?,10?,11+,14+/m1/s1. The first kappa shape index (κ1) is 11.9. The highest BCUT2D eigenvalue weighted by Crippen LogP contribution is 2.80. The Morgan fingerprint density at radius 2 is 2.24 bits per heavy atom. The lowest BCUT2D eigenvalue weighted by Crippen LogP contribution is -2.28. The molecule has 3 aliphatic rings. The number of fused-ring (bicyclic) bond motifs is 4. The third-order valence-electron chi connectivity index (χ3n) is 5.90. The maximum Gasteiger partial charge on any atom is 0.165 e. The minimum absolute atomic E-state index is 0.106. The number of aliphatic hydroxyl groups excluding tert-OH is 2. The highest BCUT2D eigenvalue weighted by atomic mass is 16.3. The number of nitrogens with zero attached hydrogens (tertiary/aromatic N) is 4. The molecule has 0 spiro atoms. The Morgan fingerprint density at radius 1 is 1.38 bits per heavy atom. The molecule has 5 rings (SSSR count). The van der Waals surface area contributed by atoms with Crippen molar-refractivity contribution < 1.29 is 10.2 Å². The molecule has 7 nitrogen and oxygen atoms in total. The number of aromatic nitrogens is 4. The number of imidazole rings is 1.